The van der Waals surface area contributed by atoms with Crippen LogP contribution in [0.3, 0.4) is 0 Å². The summed E-state index contributed by atoms with van der Waals surface area (Å²) >= 11 is 0. The Balaban J connectivity index is 1.48. The zero-order valence-corrected chi connectivity index (χ0v) is 10.4. The maximum Gasteiger partial charge on any atom is 0.0961 e. The van der Waals surface area contributed by atoms with E-state index in [0.717, 1.165) is 58.5 Å². The maximum absolute atomic E-state index is 6.15. The first-order valence-corrected chi connectivity index (χ1v) is 6.87. The summed E-state index contributed by atoms with van der Waals surface area (Å²) in [4.78, 5) is 0. The van der Waals surface area contributed by atoms with E-state index in [0.29, 0.717) is 18.1 Å². The number of ether oxygens (including phenoxy) is 3. The van der Waals surface area contributed by atoms with E-state index >= 15 is 0 Å². The number of rotatable bonds is 3. The van der Waals surface area contributed by atoms with Gasteiger partial charge in [-0.15, -0.1) is 0 Å². The van der Waals surface area contributed by atoms with E-state index in [1.54, 1.807) is 0 Å². The molecule has 1 saturated carbocycles. The van der Waals surface area contributed by atoms with Crippen molar-refractivity contribution < 1.29 is 14.2 Å². The van der Waals surface area contributed by atoms with Crippen LogP contribution >= 0.6 is 0 Å². The fourth-order valence-electron chi connectivity index (χ4n) is 3.21. The van der Waals surface area contributed by atoms with Gasteiger partial charge in [0.1, 0.15) is 0 Å². The molecule has 3 rings (SSSR count). The van der Waals surface area contributed by atoms with E-state index in [1.807, 2.05) is 0 Å². The minimum Gasteiger partial charge on any atom is -0.378 e. The van der Waals surface area contributed by atoms with Gasteiger partial charge in [0.2, 0.25) is 0 Å². The van der Waals surface area contributed by atoms with E-state index < -0.39 is 0 Å². The first kappa shape index (κ1) is 11.9. The van der Waals surface area contributed by atoms with E-state index in [4.69, 9.17) is 19.9 Å². The van der Waals surface area contributed by atoms with Crippen molar-refractivity contribution in [2.45, 2.75) is 49.9 Å². The van der Waals surface area contributed by atoms with Gasteiger partial charge in [0.25, 0.3) is 0 Å². The third kappa shape index (κ3) is 2.50. The molecule has 0 aromatic carbocycles. The second-order valence-electron chi connectivity index (χ2n) is 5.78. The molecule has 17 heavy (non-hydrogen) atoms. The van der Waals surface area contributed by atoms with Crippen molar-refractivity contribution in [3.05, 3.63) is 0 Å². The Bertz CT molecular complexity index is 259. The first-order chi connectivity index (χ1) is 8.30. The second-order valence-corrected chi connectivity index (χ2v) is 5.78. The molecule has 2 heterocycles. The van der Waals surface area contributed by atoms with Crippen molar-refractivity contribution in [1.82, 2.24) is 0 Å². The smallest absolute Gasteiger partial charge is 0.0961 e. The molecule has 2 aliphatic heterocycles. The Morgan fingerprint density at radius 2 is 2.12 bits per heavy atom. The van der Waals surface area contributed by atoms with Crippen LogP contribution in [0.5, 0.6) is 0 Å². The lowest BCUT2D eigenvalue weighted by molar-refractivity contribution is -0.163. The highest BCUT2D eigenvalue weighted by Crippen LogP contribution is 2.37. The Labute approximate surface area is 103 Å². The normalized spacial score (nSPS) is 46.1. The fourth-order valence-corrected chi connectivity index (χ4v) is 3.21. The van der Waals surface area contributed by atoms with Crippen molar-refractivity contribution in [2.75, 3.05) is 26.4 Å². The highest BCUT2D eigenvalue weighted by atomic mass is 16.6. The van der Waals surface area contributed by atoms with Gasteiger partial charge in [0, 0.05) is 26.1 Å². The predicted molar refractivity (Wildman–Crippen MR) is 63.8 cm³/mol. The summed E-state index contributed by atoms with van der Waals surface area (Å²) in [7, 11) is 0. The summed E-state index contributed by atoms with van der Waals surface area (Å²) in [6.45, 7) is 3.22. The van der Waals surface area contributed by atoms with Gasteiger partial charge in [-0.3, -0.25) is 0 Å². The molecule has 98 valence electrons. The molecular weight excluding hydrogens is 218 g/mol. The average Bonchev–Trinajstić information content (AvgIpc) is 2.71. The van der Waals surface area contributed by atoms with Crippen molar-refractivity contribution >= 4 is 0 Å². The van der Waals surface area contributed by atoms with Crippen molar-refractivity contribution in [1.29, 1.82) is 0 Å². The van der Waals surface area contributed by atoms with E-state index in [9.17, 15) is 0 Å². The topological polar surface area (TPSA) is 53.7 Å². The zero-order chi connectivity index (χ0) is 11.7. The van der Waals surface area contributed by atoms with Crippen molar-refractivity contribution in [2.24, 2.45) is 11.7 Å². The Morgan fingerprint density at radius 3 is 2.82 bits per heavy atom. The van der Waals surface area contributed by atoms with Crippen LogP contribution in [0, 0.1) is 5.92 Å². The molecule has 3 fully saturated rings. The molecule has 0 radical (unpaired) electrons. The highest BCUT2D eigenvalue weighted by molar-refractivity contribution is 4.92. The van der Waals surface area contributed by atoms with Crippen LogP contribution in [0.1, 0.15) is 32.1 Å². The standard InChI is InChI=1S/C13H23NO3/c14-8-10-5-12(6-10)17-11-1-3-16-13(7-11)2-4-15-9-13/h10-12H,1-9,14H2. The number of hydrogen-bond donors (Lipinski definition) is 1. The Kier molecular flexibility index (Phi) is 3.39. The summed E-state index contributed by atoms with van der Waals surface area (Å²) in [5.41, 5.74) is 5.60. The lowest BCUT2D eigenvalue weighted by Crippen LogP contribution is -2.46. The summed E-state index contributed by atoms with van der Waals surface area (Å²) in [5, 5.41) is 0. The SMILES string of the molecule is NCC1CC(OC2CCOC3(CCOC3)C2)C1. The third-order valence-electron chi connectivity index (χ3n) is 4.43. The number of hydrogen-bond acceptors (Lipinski definition) is 4. The molecule has 0 amide bonds. The van der Waals surface area contributed by atoms with Crippen LogP contribution < -0.4 is 5.73 Å². The lowest BCUT2D eigenvalue weighted by atomic mass is 9.82. The summed E-state index contributed by atoms with van der Waals surface area (Å²) < 4.78 is 17.5. The molecular formula is C13H23NO3. The summed E-state index contributed by atoms with van der Waals surface area (Å²) in [5.74, 6) is 0.698. The van der Waals surface area contributed by atoms with Gasteiger partial charge in [0.15, 0.2) is 0 Å². The Hall–Kier alpha value is -0.160. The zero-order valence-electron chi connectivity index (χ0n) is 10.4. The number of nitrogens with two attached hydrogens (primary N) is 1. The van der Waals surface area contributed by atoms with Gasteiger partial charge in [-0.25, -0.2) is 0 Å². The quantitative estimate of drug-likeness (QED) is 0.803. The van der Waals surface area contributed by atoms with Gasteiger partial charge in [-0.2, -0.15) is 0 Å². The fraction of sp³-hybridized carbons (Fsp3) is 1.00. The van der Waals surface area contributed by atoms with Crippen LogP contribution in [-0.2, 0) is 14.2 Å². The molecule has 4 heteroatoms. The molecule has 2 unspecified atom stereocenters. The highest BCUT2D eigenvalue weighted by Gasteiger charge is 2.42. The van der Waals surface area contributed by atoms with Gasteiger partial charge in [-0.1, -0.05) is 0 Å². The predicted octanol–water partition coefficient (Wildman–Crippen LogP) is 1.08. The van der Waals surface area contributed by atoms with Crippen LogP contribution in [0.4, 0.5) is 0 Å². The van der Waals surface area contributed by atoms with Gasteiger partial charge < -0.3 is 19.9 Å². The Morgan fingerprint density at radius 1 is 1.24 bits per heavy atom. The van der Waals surface area contributed by atoms with Gasteiger partial charge in [-0.05, 0) is 31.7 Å². The molecule has 2 saturated heterocycles. The van der Waals surface area contributed by atoms with Crippen LogP contribution in [0.2, 0.25) is 0 Å². The third-order valence-corrected chi connectivity index (χ3v) is 4.43. The summed E-state index contributed by atoms with van der Waals surface area (Å²) in [6.07, 6.45) is 6.19. The van der Waals surface area contributed by atoms with Crippen LogP contribution in [-0.4, -0.2) is 44.2 Å². The molecule has 2 atom stereocenters. The average molecular weight is 241 g/mol. The lowest BCUT2D eigenvalue weighted by Gasteiger charge is -2.42. The van der Waals surface area contributed by atoms with Gasteiger partial charge >= 0.3 is 0 Å². The maximum atomic E-state index is 6.15. The molecule has 1 spiro atoms. The minimum absolute atomic E-state index is 0.0278. The monoisotopic (exact) mass is 241 g/mol. The van der Waals surface area contributed by atoms with Crippen molar-refractivity contribution in [3.63, 3.8) is 0 Å². The molecule has 0 aromatic rings. The van der Waals surface area contributed by atoms with Crippen molar-refractivity contribution in [3.8, 4) is 0 Å². The minimum atomic E-state index is -0.0278. The van der Waals surface area contributed by atoms with E-state index in [1.165, 1.54) is 0 Å². The van der Waals surface area contributed by atoms with E-state index in [-0.39, 0.29) is 5.60 Å². The molecule has 2 N–H and O–H groups in total. The first-order valence-electron chi connectivity index (χ1n) is 6.87. The summed E-state index contributed by atoms with van der Waals surface area (Å²) in [6, 6.07) is 0. The van der Waals surface area contributed by atoms with E-state index in [2.05, 4.69) is 0 Å². The molecule has 1 aliphatic carbocycles. The second kappa shape index (κ2) is 4.84. The molecule has 4 nitrogen and oxygen atoms in total. The molecule has 0 aromatic heterocycles. The molecule has 3 aliphatic rings. The van der Waals surface area contributed by atoms with Crippen LogP contribution in [0.15, 0.2) is 0 Å². The largest absolute Gasteiger partial charge is 0.378 e. The van der Waals surface area contributed by atoms with Crippen LogP contribution in [0.25, 0.3) is 0 Å². The molecule has 0 bridgehead atoms. The van der Waals surface area contributed by atoms with Gasteiger partial charge in [0.05, 0.1) is 24.4 Å².